The van der Waals surface area contributed by atoms with Crippen molar-refractivity contribution in [3.63, 3.8) is 0 Å². The van der Waals surface area contributed by atoms with Gasteiger partial charge in [0.25, 0.3) is 0 Å². The summed E-state index contributed by atoms with van der Waals surface area (Å²) in [5, 5.41) is 11.0. The fraction of sp³-hybridized carbons (Fsp3) is 0. The van der Waals surface area contributed by atoms with E-state index in [2.05, 4.69) is 19.1 Å². The van der Waals surface area contributed by atoms with Gasteiger partial charge in [-0.3, -0.25) is 0 Å². The Morgan fingerprint density at radius 1 is 1.50 bits per heavy atom. The van der Waals surface area contributed by atoms with Crippen molar-refractivity contribution < 1.29 is 54.7 Å². The van der Waals surface area contributed by atoms with Crippen molar-refractivity contribution in [2.45, 2.75) is 0 Å². The number of phosphoric acid groups is 1. The molecule has 0 aromatic rings. The Morgan fingerprint density at radius 2 is 2.00 bits per heavy atom. The fourth-order valence-corrected chi connectivity index (χ4v) is 0.322. The summed E-state index contributed by atoms with van der Waals surface area (Å²) >= 11 is 0. The molecule has 1 aliphatic rings. The van der Waals surface area contributed by atoms with Crippen LogP contribution in [-0.2, 0) is 49.5 Å². The minimum Gasteiger partial charge on any atom is -0.241 e. The molecule has 46 valence electrons. The predicted molar refractivity (Wildman–Crippen MR) is 14.6 cm³/mol. The molecule has 6 nitrogen and oxygen atoms in total. The first-order valence-corrected chi connectivity index (χ1v) is 2.71. The summed E-state index contributed by atoms with van der Waals surface area (Å²) in [6.45, 7) is 0. The zero-order chi connectivity index (χ0) is 5.33. The Balaban J connectivity index is 0.000000490. The van der Waals surface area contributed by atoms with Crippen LogP contribution in [0.4, 0.5) is 0 Å². The monoisotopic (exact) mass is 308 g/mol. The summed E-state index contributed by atoms with van der Waals surface area (Å²) in [6, 6.07) is 0. The summed E-state index contributed by atoms with van der Waals surface area (Å²) in [4.78, 5) is 0. The van der Waals surface area contributed by atoms with Crippen LogP contribution in [-0.4, -0.2) is 5.26 Å². The van der Waals surface area contributed by atoms with Crippen molar-refractivity contribution in [3.8, 4) is 0 Å². The second-order valence-electron chi connectivity index (χ2n) is 0.746. The van der Waals surface area contributed by atoms with Gasteiger partial charge in [0.2, 0.25) is 0 Å². The zero-order valence-electron chi connectivity index (χ0n) is 3.44. The summed E-state index contributed by atoms with van der Waals surface area (Å²) < 4.78 is 20.4. The molecule has 0 aliphatic carbocycles. The molecule has 8 heteroatoms. The molecule has 0 unspecified atom stereocenters. The van der Waals surface area contributed by atoms with Gasteiger partial charge in [-0.2, -0.15) is 0 Å². The number of rotatable bonds is 1. The first-order chi connectivity index (χ1) is 3.27. The van der Waals surface area contributed by atoms with Gasteiger partial charge < -0.3 is 0 Å². The molecule has 0 aromatic carbocycles. The minimum absolute atomic E-state index is 0. The van der Waals surface area contributed by atoms with Crippen molar-refractivity contribution in [2.75, 3.05) is 0 Å². The van der Waals surface area contributed by atoms with E-state index in [0.29, 0.717) is 0 Å². The molecule has 0 atom stereocenters. The van der Waals surface area contributed by atoms with Crippen molar-refractivity contribution >= 4 is 7.82 Å². The van der Waals surface area contributed by atoms with Gasteiger partial charge in [-0.25, -0.2) is 9.82 Å². The Labute approximate surface area is 62.9 Å². The second kappa shape index (κ2) is 3.17. The third-order valence-corrected chi connectivity index (χ3v) is 1.03. The molecule has 1 saturated heterocycles. The molecule has 0 radical (unpaired) electrons. The average molecular weight is 306 g/mol. The van der Waals surface area contributed by atoms with Crippen LogP contribution >= 0.6 is 7.82 Å². The Kier molecular flexibility index (Phi) is 3.52. The van der Waals surface area contributed by atoms with Crippen molar-refractivity contribution in [1.82, 2.24) is 0 Å². The quantitative estimate of drug-likeness (QED) is 0.329. The topological polar surface area (TPSA) is 74.2 Å². The molecule has 1 heterocycles. The van der Waals surface area contributed by atoms with Crippen LogP contribution in [0.5, 0.6) is 0 Å². The fourth-order valence-electron chi connectivity index (χ4n) is 0.107. The summed E-state index contributed by atoms with van der Waals surface area (Å²) in [5.74, 6) is 0. The normalized spacial score (nSPS) is 23.1. The zero-order valence-corrected chi connectivity index (χ0v) is 7.92. The summed E-state index contributed by atoms with van der Waals surface area (Å²) in [7, 11) is -3.64. The van der Waals surface area contributed by atoms with E-state index in [1.165, 1.54) is 0 Å². The Hall–Kier alpha value is 0.900. The predicted octanol–water partition coefficient (Wildman–Crippen LogP) is 0.475. The van der Waals surface area contributed by atoms with E-state index in [-0.39, 0.29) is 25.8 Å². The second-order valence-corrected chi connectivity index (χ2v) is 2.10. The Bertz CT molecular complexity index is 92.8. The molecule has 0 bridgehead atoms. The Morgan fingerprint density at radius 3 is 2.00 bits per heavy atom. The van der Waals surface area contributed by atoms with Crippen LogP contribution < -0.4 is 0 Å². The SMILES string of the molecule is O=P1(OO)OOO1.[Hf]. The largest absolute Gasteiger partial charge is 0.561 e. The maximum atomic E-state index is 10.00. The van der Waals surface area contributed by atoms with Gasteiger partial charge in [-0.05, 0) is 5.04 Å². The molecule has 0 amide bonds. The minimum atomic E-state index is -3.64. The van der Waals surface area contributed by atoms with Crippen LogP contribution in [0.15, 0.2) is 0 Å². The van der Waals surface area contributed by atoms with Crippen LogP contribution in [0.3, 0.4) is 0 Å². The van der Waals surface area contributed by atoms with Crippen LogP contribution in [0.2, 0.25) is 0 Å². The molecular formula is HHfO6P. The third kappa shape index (κ3) is 1.70. The molecule has 1 aliphatic heterocycles. The van der Waals surface area contributed by atoms with Gasteiger partial charge in [0.15, 0.2) is 0 Å². The van der Waals surface area contributed by atoms with Crippen LogP contribution in [0.25, 0.3) is 0 Å². The molecule has 0 spiro atoms. The van der Waals surface area contributed by atoms with E-state index >= 15 is 0 Å². The smallest absolute Gasteiger partial charge is 0.241 e. The molecule has 1 rings (SSSR count). The van der Waals surface area contributed by atoms with Gasteiger partial charge >= 0.3 is 7.82 Å². The average Bonchev–Trinajstić information content (AvgIpc) is 1.61. The molecule has 1 N–H and O–H groups in total. The van der Waals surface area contributed by atoms with E-state index in [1.807, 2.05) is 0 Å². The summed E-state index contributed by atoms with van der Waals surface area (Å²) in [6.07, 6.45) is 0. The standard InChI is InChI=1S/Hf.HO6P/c;1-3-7(2)5-4-6-7/h;1H. The first kappa shape index (κ1) is 8.90. The van der Waals surface area contributed by atoms with Gasteiger partial charge in [0.1, 0.15) is 0 Å². The van der Waals surface area contributed by atoms with Crippen LogP contribution in [0, 0.1) is 0 Å². The van der Waals surface area contributed by atoms with E-state index in [1.54, 1.807) is 0 Å². The van der Waals surface area contributed by atoms with Gasteiger partial charge in [0, 0.05) is 25.8 Å². The maximum absolute atomic E-state index is 10.00. The van der Waals surface area contributed by atoms with E-state index < -0.39 is 7.82 Å². The molecule has 0 aromatic heterocycles. The van der Waals surface area contributed by atoms with Crippen LogP contribution in [0.1, 0.15) is 0 Å². The molecule has 8 heavy (non-hydrogen) atoms. The van der Waals surface area contributed by atoms with E-state index in [4.69, 9.17) is 5.26 Å². The van der Waals surface area contributed by atoms with Gasteiger partial charge in [-0.1, -0.05) is 9.35 Å². The maximum Gasteiger partial charge on any atom is 0.561 e. The number of hydrogen-bond donors (Lipinski definition) is 1. The third-order valence-electron chi connectivity index (χ3n) is 0.343. The van der Waals surface area contributed by atoms with Crippen molar-refractivity contribution in [3.05, 3.63) is 0 Å². The van der Waals surface area contributed by atoms with Gasteiger partial charge in [0.05, 0.1) is 0 Å². The summed E-state index contributed by atoms with van der Waals surface area (Å²) in [5.41, 5.74) is 0. The first-order valence-electron chi connectivity index (χ1n) is 1.25. The van der Waals surface area contributed by atoms with E-state index in [0.717, 1.165) is 0 Å². The van der Waals surface area contributed by atoms with Crippen molar-refractivity contribution in [1.29, 1.82) is 0 Å². The van der Waals surface area contributed by atoms with Gasteiger partial charge in [-0.15, -0.1) is 4.67 Å². The van der Waals surface area contributed by atoms with E-state index in [9.17, 15) is 4.57 Å². The van der Waals surface area contributed by atoms with Crippen molar-refractivity contribution in [2.24, 2.45) is 0 Å². The number of hydrogen-bond acceptors (Lipinski definition) is 6. The molecule has 1 fully saturated rings. The molecule has 0 saturated carbocycles. The molecular weight excluding hydrogens is 305 g/mol.